The van der Waals surface area contributed by atoms with Crippen LogP contribution in [0, 0.1) is 5.82 Å². The number of aliphatic hydroxyl groups excluding tert-OH is 1. The zero-order chi connectivity index (χ0) is 15.7. The van der Waals surface area contributed by atoms with Crippen LogP contribution < -0.4 is 9.64 Å². The summed E-state index contributed by atoms with van der Waals surface area (Å²) in [5.41, 5.74) is 0. The predicted octanol–water partition coefficient (Wildman–Crippen LogP) is 1.72. The maximum Gasteiger partial charge on any atom is 0.167 e. The first-order valence-corrected chi connectivity index (χ1v) is 7.37. The molecule has 1 fully saturated rings. The van der Waals surface area contributed by atoms with Crippen LogP contribution in [0.5, 0.6) is 5.75 Å². The molecule has 0 amide bonds. The van der Waals surface area contributed by atoms with Crippen LogP contribution in [-0.2, 0) is 6.54 Å². The zero-order valence-corrected chi connectivity index (χ0v) is 12.7. The van der Waals surface area contributed by atoms with Gasteiger partial charge in [0, 0.05) is 19.3 Å². The molecule has 0 radical (unpaired) electrons. The molecule has 3 rings (SSSR count). The minimum atomic E-state index is -0.734. The highest BCUT2D eigenvalue weighted by Gasteiger charge is 2.35. The Morgan fingerprint density at radius 2 is 2.27 bits per heavy atom. The molecule has 2 atom stereocenters. The number of halogens is 2. The number of hydrogen-bond donors (Lipinski definition) is 1. The summed E-state index contributed by atoms with van der Waals surface area (Å²) in [4.78, 5) is 5.63. The standard InChI is InChI=1S/C14H16ClFN4O2/c1-2-20-6-10(5-18-20)22-13-8-19(7-12(13)21)14-11(16)3-9(15)4-17-14/h3-6,12-13,21H,2,7-8H2,1H3/t12-,13-/m1/s1. The van der Waals surface area contributed by atoms with Crippen molar-refractivity contribution in [2.75, 3.05) is 18.0 Å². The van der Waals surface area contributed by atoms with Crippen molar-refractivity contribution in [3.05, 3.63) is 35.5 Å². The lowest BCUT2D eigenvalue weighted by atomic mass is 10.3. The quantitative estimate of drug-likeness (QED) is 0.927. The van der Waals surface area contributed by atoms with E-state index < -0.39 is 18.0 Å². The summed E-state index contributed by atoms with van der Waals surface area (Å²) in [5, 5.41) is 14.5. The Bertz CT molecular complexity index is 666. The van der Waals surface area contributed by atoms with Gasteiger partial charge in [-0.1, -0.05) is 11.6 Å². The van der Waals surface area contributed by atoms with Crippen molar-refractivity contribution in [1.29, 1.82) is 0 Å². The monoisotopic (exact) mass is 326 g/mol. The number of anilines is 1. The lowest BCUT2D eigenvalue weighted by Gasteiger charge is -2.17. The van der Waals surface area contributed by atoms with Gasteiger partial charge in [-0.2, -0.15) is 5.10 Å². The van der Waals surface area contributed by atoms with Gasteiger partial charge >= 0.3 is 0 Å². The highest BCUT2D eigenvalue weighted by molar-refractivity contribution is 6.30. The van der Waals surface area contributed by atoms with Crippen molar-refractivity contribution in [1.82, 2.24) is 14.8 Å². The van der Waals surface area contributed by atoms with Gasteiger partial charge in [0.1, 0.15) is 12.2 Å². The molecule has 6 nitrogen and oxygen atoms in total. The molecule has 1 aliphatic heterocycles. The number of aliphatic hydroxyl groups is 1. The molecule has 0 aliphatic carbocycles. The molecular formula is C14H16ClFN4O2. The average molecular weight is 327 g/mol. The fourth-order valence-electron chi connectivity index (χ4n) is 2.44. The van der Waals surface area contributed by atoms with Gasteiger partial charge in [-0.15, -0.1) is 0 Å². The fraction of sp³-hybridized carbons (Fsp3) is 0.429. The molecule has 2 aromatic rings. The SMILES string of the molecule is CCn1cc(O[C@@H]2CN(c3ncc(Cl)cc3F)C[C@H]2O)cn1. The summed E-state index contributed by atoms with van der Waals surface area (Å²) in [5.74, 6) is 0.232. The lowest BCUT2D eigenvalue weighted by Crippen LogP contribution is -2.29. The van der Waals surface area contributed by atoms with Crippen molar-refractivity contribution in [3.63, 3.8) is 0 Å². The third-order valence-electron chi connectivity index (χ3n) is 3.55. The Morgan fingerprint density at radius 3 is 2.95 bits per heavy atom. The molecule has 3 heterocycles. The Labute approximate surface area is 132 Å². The molecular weight excluding hydrogens is 311 g/mol. The van der Waals surface area contributed by atoms with Crippen LogP contribution in [0.1, 0.15) is 6.92 Å². The van der Waals surface area contributed by atoms with Crippen LogP contribution in [0.3, 0.4) is 0 Å². The maximum absolute atomic E-state index is 13.9. The van der Waals surface area contributed by atoms with Crippen molar-refractivity contribution in [2.24, 2.45) is 0 Å². The molecule has 1 aliphatic rings. The Balaban J connectivity index is 1.71. The molecule has 0 aromatic carbocycles. The molecule has 0 saturated carbocycles. The molecule has 1 N–H and O–H groups in total. The minimum absolute atomic E-state index is 0.166. The van der Waals surface area contributed by atoms with E-state index in [1.54, 1.807) is 22.0 Å². The van der Waals surface area contributed by atoms with Gasteiger partial charge in [0.2, 0.25) is 0 Å². The van der Waals surface area contributed by atoms with Crippen molar-refractivity contribution in [2.45, 2.75) is 25.7 Å². The van der Waals surface area contributed by atoms with E-state index in [9.17, 15) is 9.50 Å². The number of nitrogens with zero attached hydrogens (tertiary/aromatic N) is 4. The summed E-state index contributed by atoms with van der Waals surface area (Å²) in [6.07, 6.45) is 3.54. The van der Waals surface area contributed by atoms with Crippen LogP contribution in [0.4, 0.5) is 10.2 Å². The number of rotatable bonds is 4. The summed E-state index contributed by atoms with van der Waals surface area (Å²) in [7, 11) is 0. The van der Waals surface area contributed by atoms with E-state index in [1.165, 1.54) is 12.3 Å². The second kappa shape index (κ2) is 6.10. The topological polar surface area (TPSA) is 63.4 Å². The van der Waals surface area contributed by atoms with Gasteiger partial charge in [0.15, 0.2) is 17.4 Å². The first kappa shape index (κ1) is 15.1. The summed E-state index contributed by atoms with van der Waals surface area (Å²) < 4.78 is 21.4. The van der Waals surface area contributed by atoms with E-state index >= 15 is 0 Å². The number of pyridine rings is 1. The highest BCUT2D eigenvalue weighted by Crippen LogP contribution is 2.25. The van der Waals surface area contributed by atoms with Gasteiger partial charge in [0.25, 0.3) is 0 Å². The lowest BCUT2D eigenvalue weighted by molar-refractivity contribution is 0.0737. The number of β-amino-alcohol motifs (C(OH)–C–C–N with tert-alkyl or cyclic N) is 1. The molecule has 22 heavy (non-hydrogen) atoms. The molecule has 2 aromatic heterocycles. The van der Waals surface area contributed by atoms with Crippen LogP contribution in [0.15, 0.2) is 24.7 Å². The molecule has 1 saturated heterocycles. The number of hydrogen-bond acceptors (Lipinski definition) is 5. The van der Waals surface area contributed by atoms with Crippen LogP contribution >= 0.6 is 11.6 Å². The van der Waals surface area contributed by atoms with E-state index in [0.717, 1.165) is 6.54 Å². The van der Waals surface area contributed by atoms with Gasteiger partial charge in [0.05, 0.1) is 24.0 Å². The maximum atomic E-state index is 13.9. The second-order valence-corrected chi connectivity index (χ2v) is 5.56. The normalized spacial score (nSPS) is 21.4. The first-order valence-electron chi connectivity index (χ1n) is 7.00. The van der Waals surface area contributed by atoms with Crippen LogP contribution in [0.2, 0.25) is 5.02 Å². The third kappa shape index (κ3) is 3.00. The van der Waals surface area contributed by atoms with Crippen LogP contribution in [-0.4, -0.2) is 45.2 Å². The van der Waals surface area contributed by atoms with Gasteiger partial charge in [-0.25, -0.2) is 9.37 Å². The molecule has 118 valence electrons. The molecule has 0 unspecified atom stereocenters. The van der Waals surface area contributed by atoms with E-state index in [0.29, 0.717) is 12.3 Å². The highest BCUT2D eigenvalue weighted by atomic mass is 35.5. The zero-order valence-electron chi connectivity index (χ0n) is 12.0. The molecule has 0 spiro atoms. The third-order valence-corrected chi connectivity index (χ3v) is 3.75. The summed E-state index contributed by atoms with van der Waals surface area (Å²) >= 11 is 5.70. The predicted molar refractivity (Wildman–Crippen MR) is 79.7 cm³/mol. The number of aryl methyl sites for hydroxylation is 1. The average Bonchev–Trinajstić information content (AvgIpc) is 3.07. The van der Waals surface area contributed by atoms with Crippen LogP contribution in [0.25, 0.3) is 0 Å². The second-order valence-electron chi connectivity index (χ2n) is 5.12. The minimum Gasteiger partial charge on any atom is -0.482 e. The number of aromatic nitrogens is 3. The van der Waals surface area contributed by atoms with Gasteiger partial charge < -0.3 is 14.7 Å². The van der Waals surface area contributed by atoms with E-state index in [-0.39, 0.29) is 17.4 Å². The summed E-state index contributed by atoms with van der Waals surface area (Å²) in [6, 6.07) is 1.20. The Morgan fingerprint density at radius 1 is 1.45 bits per heavy atom. The molecule has 0 bridgehead atoms. The van der Waals surface area contributed by atoms with Gasteiger partial charge in [-0.05, 0) is 13.0 Å². The van der Waals surface area contributed by atoms with E-state index in [2.05, 4.69) is 10.1 Å². The first-order chi connectivity index (χ1) is 10.6. The van der Waals surface area contributed by atoms with E-state index in [1.807, 2.05) is 6.92 Å². The van der Waals surface area contributed by atoms with Crippen molar-refractivity contribution in [3.8, 4) is 5.75 Å². The fourth-order valence-corrected chi connectivity index (χ4v) is 2.58. The molecule has 8 heteroatoms. The van der Waals surface area contributed by atoms with Crippen molar-refractivity contribution < 1.29 is 14.2 Å². The summed E-state index contributed by atoms with van der Waals surface area (Å²) in [6.45, 7) is 3.29. The van der Waals surface area contributed by atoms with Gasteiger partial charge in [-0.3, -0.25) is 4.68 Å². The van der Waals surface area contributed by atoms with E-state index in [4.69, 9.17) is 16.3 Å². The van der Waals surface area contributed by atoms with Crippen molar-refractivity contribution >= 4 is 17.4 Å². The largest absolute Gasteiger partial charge is 0.482 e. The smallest absolute Gasteiger partial charge is 0.167 e. The Hall–Kier alpha value is -1.86. The number of ether oxygens (including phenoxy) is 1. The Kier molecular flexibility index (Phi) is 4.17.